The Balaban J connectivity index is 1.62. The molecular weight excluding hydrogens is 246 g/mol. The van der Waals surface area contributed by atoms with Gasteiger partial charge < -0.3 is 15.2 Å². The van der Waals surface area contributed by atoms with E-state index in [0.29, 0.717) is 19.1 Å². The first-order valence-electron chi connectivity index (χ1n) is 6.93. The van der Waals surface area contributed by atoms with Crippen LogP contribution in [-0.2, 0) is 14.3 Å². The molecule has 2 bridgehead atoms. The van der Waals surface area contributed by atoms with Gasteiger partial charge in [0.05, 0.1) is 18.4 Å². The fourth-order valence-corrected chi connectivity index (χ4v) is 3.62. The first kappa shape index (κ1) is 12.7. The predicted octanol–water partition coefficient (Wildman–Crippen LogP) is 0.662. The maximum Gasteiger partial charge on any atom is 0.307 e. The molecule has 2 N–H and O–H groups in total. The molecule has 0 radical (unpaired) electrons. The molecule has 5 heteroatoms. The van der Waals surface area contributed by atoms with Crippen LogP contribution in [0.25, 0.3) is 0 Å². The van der Waals surface area contributed by atoms with Crippen molar-refractivity contribution in [2.75, 3.05) is 19.8 Å². The van der Waals surface area contributed by atoms with Gasteiger partial charge in [-0.05, 0) is 24.7 Å². The van der Waals surface area contributed by atoms with Gasteiger partial charge in [-0.25, -0.2) is 0 Å². The van der Waals surface area contributed by atoms with Crippen LogP contribution in [0.2, 0.25) is 0 Å². The van der Waals surface area contributed by atoms with E-state index in [-0.39, 0.29) is 17.7 Å². The van der Waals surface area contributed by atoms with Crippen molar-refractivity contribution in [3.05, 3.63) is 12.2 Å². The lowest BCUT2D eigenvalue weighted by molar-refractivity contribution is -0.147. The van der Waals surface area contributed by atoms with Crippen LogP contribution in [0, 0.1) is 29.6 Å². The third kappa shape index (κ3) is 2.27. The van der Waals surface area contributed by atoms with Crippen LogP contribution < -0.4 is 5.32 Å². The first-order chi connectivity index (χ1) is 9.16. The highest BCUT2D eigenvalue weighted by molar-refractivity contribution is 5.86. The Bertz CT molecular complexity index is 414. The van der Waals surface area contributed by atoms with Crippen LogP contribution in [0.3, 0.4) is 0 Å². The van der Waals surface area contributed by atoms with E-state index in [2.05, 4.69) is 5.32 Å². The molecule has 1 amide bonds. The summed E-state index contributed by atoms with van der Waals surface area (Å²) in [7, 11) is 0. The number of carbonyl (C=O) groups excluding carboxylic acids is 1. The maximum absolute atomic E-state index is 12.3. The number of hydrogen-bond donors (Lipinski definition) is 2. The zero-order valence-electron chi connectivity index (χ0n) is 10.7. The number of hydrogen-bond acceptors (Lipinski definition) is 3. The average Bonchev–Trinajstić information content (AvgIpc) is 3.10. The van der Waals surface area contributed by atoms with Gasteiger partial charge in [-0.2, -0.15) is 0 Å². The SMILES string of the molecule is O=C(O)[C@@H]1C2C=CC(C2)[C@@H]1C(=O)NCC1CCOC1. The zero-order chi connectivity index (χ0) is 13.4. The lowest BCUT2D eigenvalue weighted by Crippen LogP contribution is -2.41. The molecule has 1 saturated heterocycles. The fourth-order valence-electron chi connectivity index (χ4n) is 3.62. The van der Waals surface area contributed by atoms with Gasteiger partial charge >= 0.3 is 5.97 Å². The van der Waals surface area contributed by atoms with E-state index in [1.165, 1.54) is 0 Å². The third-order valence-corrected chi connectivity index (χ3v) is 4.64. The Hall–Kier alpha value is -1.36. The number of carbonyl (C=O) groups is 2. The molecule has 2 aliphatic carbocycles. The fraction of sp³-hybridized carbons (Fsp3) is 0.714. The summed E-state index contributed by atoms with van der Waals surface area (Å²) < 4.78 is 5.27. The number of amides is 1. The molecule has 1 heterocycles. The average molecular weight is 265 g/mol. The number of rotatable bonds is 4. The number of carboxylic acids is 1. The van der Waals surface area contributed by atoms with Gasteiger partial charge in [-0.1, -0.05) is 12.2 Å². The molecule has 1 aliphatic heterocycles. The molecule has 2 fully saturated rings. The van der Waals surface area contributed by atoms with Crippen LogP contribution >= 0.6 is 0 Å². The maximum atomic E-state index is 12.3. The van der Waals surface area contributed by atoms with Gasteiger partial charge in [-0.3, -0.25) is 9.59 Å². The van der Waals surface area contributed by atoms with Gasteiger partial charge in [-0.15, -0.1) is 0 Å². The van der Waals surface area contributed by atoms with Crippen molar-refractivity contribution < 1.29 is 19.4 Å². The summed E-state index contributed by atoms with van der Waals surface area (Å²) in [4.78, 5) is 23.6. The largest absolute Gasteiger partial charge is 0.481 e. The summed E-state index contributed by atoms with van der Waals surface area (Å²) in [5.41, 5.74) is 0. The highest BCUT2D eigenvalue weighted by atomic mass is 16.5. The summed E-state index contributed by atoms with van der Waals surface area (Å²) in [6.07, 6.45) is 5.74. The highest BCUT2D eigenvalue weighted by Crippen LogP contribution is 2.48. The Kier molecular flexibility index (Phi) is 3.31. The van der Waals surface area contributed by atoms with Crippen LogP contribution in [0.1, 0.15) is 12.8 Å². The zero-order valence-corrected chi connectivity index (χ0v) is 10.7. The molecule has 3 rings (SSSR count). The topological polar surface area (TPSA) is 75.6 Å². The first-order valence-corrected chi connectivity index (χ1v) is 6.93. The standard InChI is InChI=1S/C14H19NO4/c16-13(15-6-8-3-4-19-7-8)11-9-1-2-10(5-9)12(11)14(17)18/h1-2,8-12H,3-7H2,(H,15,16)(H,17,18)/t8?,9?,10?,11-,12+/m0/s1. The second-order valence-electron chi connectivity index (χ2n) is 5.81. The van der Waals surface area contributed by atoms with E-state index in [4.69, 9.17) is 4.74 Å². The van der Waals surface area contributed by atoms with Crippen LogP contribution in [0.5, 0.6) is 0 Å². The molecule has 0 aromatic rings. The van der Waals surface area contributed by atoms with E-state index in [1.54, 1.807) is 0 Å². The summed E-state index contributed by atoms with van der Waals surface area (Å²) >= 11 is 0. The van der Waals surface area contributed by atoms with Crippen LogP contribution in [0.4, 0.5) is 0 Å². The summed E-state index contributed by atoms with van der Waals surface area (Å²) in [5.74, 6) is -1.37. The summed E-state index contributed by atoms with van der Waals surface area (Å²) in [6, 6.07) is 0. The van der Waals surface area contributed by atoms with Crippen LogP contribution in [-0.4, -0.2) is 36.7 Å². The molecule has 1 saturated carbocycles. The van der Waals surface area contributed by atoms with Crippen molar-refractivity contribution in [2.24, 2.45) is 29.6 Å². The smallest absolute Gasteiger partial charge is 0.307 e. The normalized spacial score (nSPS) is 39.7. The number of carboxylic acid groups (broad SMARTS) is 1. The van der Waals surface area contributed by atoms with E-state index < -0.39 is 17.8 Å². The molecule has 0 aromatic carbocycles. The Labute approximate surface area is 112 Å². The minimum absolute atomic E-state index is 0.0352. The molecule has 3 aliphatic rings. The number of aliphatic carboxylic acids is 1. The van der Waals surface area contributed by atoms with Crippen molar-refractivity contribution in [3.63, 3.8) is 0 Å². The lowest BCUT2D eigenvalue weighted by atomic mass is 9.82. The minimum atomic E-state index is -0.846. The van der Waals surface area contributed by atoms with E-state index in [1.807, 2.05) is 12.2 Å². The Morgan fingerprint density at radius 3 is 2.63 bits per heavy atom. The molecule has 0 aromatic heterocycles. The molecule has 0 spiro atoms. The second kappa shape index (κ2) is 4.96. The third-order valence-electron chi connectivity index (χ3n) is 4.64. The number of fused-ring (bicyclic) bond motifs is 2. The summed E-state index contributed by atoms with van der Waals surface area (Å²) in [6.45, 7) is 2.05. The van der Waals surface area contributed by atoms with Crippen molar-refractivity contribution in [2.45, 2.75) is 12.8 Å². The molecular formula is C14H19NO4. The number of ether oxygens (including phenoxy) is 1. The van der Waals surface area contributed by atoms with Crippen molar-refractivity contribution in [1.29, 1.82) is 0 Å². The van der Waals surface area contributed by atoms with E-state index in [0.717, 1.165) is 19.4 Å². The second-order valence-corrected chi connectivity index (χ2v) is 5.81. The molecule has 5 nitrogen and oxygen atoms in total. The van der Waals surface area contributed by atoms with Gasteiger partial charge in [0, 0.05) is 19.1 Å². The van der Waals surface area contributed by atoms with Crippen molar-refractivity contribution >= 4 is 11.9 Å². The number of nitrogens with one attached hydrogen (secondary N) is 1. The van der Waals surface area contributed by atoms with Gasteiger partial charge in [0.25, 0.3) is 0 Å². The van der Waals surface area contributed by atoms with Gasteiger partial charge in [0.15, 0.2) is 0 Å². The Morgan fingerprint density at radius 2 is 2.00 bits per heavy atom. The van der Waals surface area contributed by atoms with Gasteiger partial charge in [0.1, 0.15) is 0 Å². The monoisotopic (exact) mass is 265 g/mol. The molecule has 3 unspecified atom stereocenters. The predicted molar refractivity (Wildman–Crippen MR) is 67.3 cm³/mol. The van der Waals surface area contributed by atoms with E-state index >= 15 is 0 Å². The molecule has 19 heavy (non-hydrogen) atoms. The lowest BCUT2D eigenvalue weighted by Gasteiger charge is -2.24. The number of allylic oxidation sites excluding steroid dienone is 2. The van der Waals surface area contributed by atoms with E-state index in [9.17, 15) is 14.7 Å². The van der Waals surface area contributed by atoms with Crippen molar-refractivity contribution in [1.82, 2.24) is 5.32 Å². The Morgan fingerprint density at radius 1 is 1.26 bits per heavy atom. The minimum Gasteiger partial charge on any atom is -0.481 e. The summed E-state index contributed by atoms with van der Waals surface area (Å²) in [5, 5.41) is 12.2. The van der Waals surface area contributed by atoms with Crippen LogP contribution in [0.15, 0.2) is 12.2 Å². The quantitative estimate of drug-likeness (QED) is 0.732. The van der Waals surface area contributed by atoms with Crippen molar-refractivity contribution in [3.8, 4) is 0 Å². The van der Waals surface area contributed by atoms with Gasteiger partial charge in [0.2, 0.25) is 5.91 Å². The molecule has 104 valence electrons. The highest BCUT2D eigenvalue weighted by Gasteiger charge is 2.51. The molecule has 5 atom stereocenters.